The molecule has 3 rings (SSSR count). The molecular weight excluding hydrogens is 281 g/mol. The average Bonchev–Trinajstić information content (AvgIpc) is 2.56. The summed E-state index contributed by atoms with van der Waals surface area (Å²) in [5.41, 5.74) is 0.117. The van der Waals surface area contributed by atoms with E-state index < -0.39 is 7.14 Å². The summed E-state index contributed by atoms with van der Waals surface area (Å²) in [6.45, 7) is 0. The van der Waals surface area contributed by atoms with Gasteiger partial charge in [-0.1, -0.05) is 54.6 Å². The molecule has 21 heavy (non-hydrogen) atoms. The third kappa shape index (κ3) is 2.45. The Labute approximate surface area is 124 Å². The lowest BCUT2D eigenvalue weighted by Crippen LogP contribution is -2.27. The van der Waals surface area contributed by atoms with Gasteiger partial charge in [0.25, 0.3) is 0 Å². The third-order valence-electron chi connectivity index (χ3n) is 3.65. The first kappa shape index (κ1) is 13.8. The van der Waals surface area contributed by atoms with Gasteiger partial charge in [-0.15, -0.1) is 0 Å². The van der Waals surface area contributed by atoms with Gasteiger partial charge < -0.3 is 9.67 Å². The molecular formula is C17H16NO2P. The van der Waals surface area contributed by atoms with Crippen molar-refractivity contribution < 1.29 is 9.67 Å². The van der Waals surface area contributed by atoms with Crippen molar-refractivity contribution in [3.63, 3.8) is 0 Å². The second-order valence-corrected chi connectivity index (χ2v) is 7.88. The summed E-state index contributed by atoms with van der Waals surface area (Å²) in [5.74, 6) is -0.00682. The molecule has 0 radical (unpaired) electrons. The fourth-order valence-corrected chi connectivity index (χ4v) is 5.57. The van der Waals surface area contributed by atoms with Crippen molar-refractivity contribution in [2.45, 2.75) is 12.1 Å². The maximum atomic E-state index is 13.9. The number of nitrogens with zero attached hydrogens (tertiary/aromatic N) is 1. The van der Waals surface area contributed by atoms with Crippen LogP contribution in [0.4, 0.5) is 0 Å². The molecule has 0 spiro atoms. The topological polar surface area (TPSA) is 50.2 Å². The highest BCUT2D eigenvalue weighted by Crippen LogP contribution is 2.52. The van der Waals surface area contributed by atoms with Gasteiger partial charge >= 0.3 is 0 Å². The maximum Gasteiger partial charge on any atom is 0.171 e. The molecule has 1 N–H and O–H groups in total. The van der Waals surface area contributed by atoms with Crippen molar-refractivity contribution in [2.24, 2.45) is 0 Å². The van der Waals surface area contributed by atoms with Gasteiger partial charge in [-0.2, -0.15) is 0 Å². The molecule has 0 amide bonds. The minimum atomic E-state index is -3.04. The zero-order valence-corrected chi connectivity index (χ0v) is 12.4. The highest BCUT2D eigenvalue weighted by Gasteiger charge is 2.38. The van der Waals surface area contributed by atoms with E-state index in [1.807, 2.05) is 54.6 Å². The van der Waals surface area contributed by atoms with Gasteiger partial charge in [0.2, 0.25) is 0 Å². The van der Waals surface area contributed by atoms with E-state index >= 15 is 0 Å². The molecule has 3 nitrogen and oxygen atoms in total. The largest absolute Gasteiger partial charge is 0.506 e. The molecule has 2 aromatic rings. The number of aromatic nitrogens is 1. The van der Waals surface area contributed by atoms with Crippen LogP contribution in [-0.4, -0.2) is 15.7 Å². The second kappa shape index (κ2) is 5.71. The number of hydrogen-bond acceptors (Lipinski definition) is 3. The normalized spacial score (nSPS) is 20.1. The van der Waals surface area contributed by atoms with Crippen LogP contribution in [0.2, 0.25) is 0 Å². The van der Waals surface area contributed by atoms with Crippen LogP contribution in [-0.2, 0) is 4.57 Å². The van der Waals surface area contributed by atoms with E-state index in [1.54, 1.807) is 18.3 Å². The van der Waals surface area contributed by atoms with Gasteiger partial charge in [-0.25, -0.2) is 4.98 Å². The number of benzene rings is 1. The summed E-state index contributed by atoms with van der Waals surface area (Å²) in [5, 5.41) is 10.9. The van der Waals surface area contributed by atoms with Gasteiger partial charge in [0, 0.05) is 17.2 Å². The fourth-order valence-electron chi connectivity index (χ4n) is 2.60. The van der Waals surface area contributed by atoms with E-state index in [0.717, 1.165) is 5.30 Å². The molecule has 2 atom stereocenters. The summed E-state index contributed by atoms with van der Waals surface area (Å²) in [6.07, 6.45) is 10.1. The Morgan fingerprint density at radius 2 is 1.90 bits per heavy atom. The van der Waals surface area contributed by atoms with Crippen LogP contribution in [0.3, 0.4) is 0 Å². The maximum absolute atomic E-state index is 13.9. The molecule has 1 aliphatic rings. The van der Waals surface area contributed by atoms with Crippen molar-refractivity contribution in [1.82, 2.24) is 4.98 Å². The minimum Gasteiger partial charge on any atom is -0.506 e. The lowest BCUT2D eigenvalue weighted by atomic mass is 10.2. The van der Waals surface area contributed by atoms with Crippen LogP contribution in [0.15, 0.2) is 73.0 Å². The predicted molar refractivity (Wildman–Crippen MR) is 85.9 cm³/mol. The number of aromatic hydroxyl groups is 1. The zero-order chi connectivity index (χ0) is 14.7. The Morgan fingerprint density at radius 1 is 1.10 bits per heavy atom. The standard InChI is InChI=1S/C17H16NO2P/c19-16-12-7-13-18-17(16)21(20,14-8-3-1-4-9-14)15-10-5-2-6-11-15/h1-10,12-13,15,19H,11H2. The van der Waals surface area contributed by atoms with E-state index in [0.29, 0.717) is 11.9 Å². The molecule has 1 heterocycles. The molecule has 0 bridgehead atoms. The molecule has 0 fully saturated rings. The van der Waals surface area contributed by atoms with Crippen molar-refractivity contribution in [1.29, 1.82) is 0 Å². The first-order valence-electron chi connectivity index (χ1n) is 6.86. The summed E-state index contributed by atoms with van der Waals surface area (Å²) < 4.78 is 13.9. The number of allylic oxidation sites excluding steroid dienone is 4. The monoisotopic (exact) mass is 297 g/mol. The van der Waals surface area contributed by atoms with E-state index in [4.69, 9.17) is 0 Å². The van der Waals surface area contributed by atoms with Crippen molar-refractivity contribution >= 4 is 17.9 Å². The van der Waals surface area contributed by atoms with Gasteiger partial charge in [-0.05, 0) is 18.6 Å². The summed E-state index contributed by atoms with van der Waals surface area (Å²) in [6, 6.07) is 12.5. The molecule has 0 aliphatic heterocycles. The van der Waals surface area contributed by atoms with Crippen LogP contribution >= 0.6 is 7.14 Å². The summed E-state index contributed by atoms with van der Waals surface area (Å²) in [7, 11) is -3.04. The third-order valence-corrected chi connectivity index (χ3v) is 7.00. The predicted octanol–water partition coefficient (Wildman–Crippen LogP) is 2.99. The van der Waals surface area contributed by atoms with Crippen LogP contribution in [0.25, 0.3) is 0 Å². The first-order chi connectivity index (χ1) is 10.2. The van der Waals surface area contributed by atoms with Gasteiger partial charge in [0.05, 0.1) is 0 Å². The Morgan fingerprint density at radius 3 is 2.57 bits per heavy atom. The highest BCUT2D eigenvalue weighted by atomic mass is 31.2. The van der Waals surface area contributed by atoms with E-state index in [1.165, 1.54) is 0 Å². The second-order valence-electron chi connectivity index (χ2n) is 4.96. The Hall–Kier alpha value is -2.12. The Bertz CT molecular complexity index is 737. The van der Waals surface area contributed by atoms with Gasteiger partial charge in [0.15, 0.2) is 7.14 Å². The number of pyridine rings is 1. The highest BCUT2D eigenvalue weighted by molar-refractivity contribution is 7.79. The van der Waals surface area contributed by atoms with Crippen molar-refractivity contribution in [3.8, 4) is 5.75 Å². The smallest absolute Gasteiger partial charge is 0.171 e. The van der Waals surface area contributed by atoms with Gasteiger partial charge in [-0.3, -0.25) is 0 Å². The van der Waals surface area contributed by atoms with E-state index in [-0.39, 0.29) is 11.4 Å². The van der Waals surface area contributed by atoms with Crippen LogP contribution in [0, 0.1) is 0 Å². The molecule has 4 heteroatoms. The minimum absolute atomic E-state index is 0.00682. The van der Waals surface area contributed by atoms with E-state index in [9.17, 15) is 9.67 Å². The Kier molecular flexibility index (Phi) is 3.76. The molecule has 1 aliphatic carbocycles. The summed E-state index contributed by atoms with van der Waals surface area (Å²) in [4.78, 5) is 4.23. The van der Waals surface area contributed by atoms with Gasteiger partial charge in [0.1, 0.15) is 11.2 Å². The SMILES string of the molecule is O=P(c1ccccc1)(c1ncccc1O)C1C=CC=CC1. The van der Waals surface area contributed by atoms with Crippen LogP contribution in [0.5, 0.6) is 5.75 Å². The molecule has 106 valence electrons. The van der Waals surface area contributed by atoms with E-state index in [2.05, 4.69) is 4.98 Å². The van der Waals surface area contributed by atoms with Crippen LogP contribution < -0.4 is 10.7 Å². The molecule has 2 unspecified atom stereocenters. The lowest BCUT2D eigenvalue weighted by Gasteiger charge is -2.26. The zero-order valence-electron chi connectivity index (χ0n) is 11.5. The lowest BCUT2D eigenvalue weighted by molar-refractivity contribution is 0.476. The summed E-state index contributed by atoms with van der Waals surface area (Å²) >= 11 is 0. The Balaban J connectivity index is 2.21. The average molecular weight is 297 g/mol. The molecule has 1 aromatic heterocycles. The molecule has 0 saturated heterocycles. The number of hydrogen-bond donors (Lipinski definition) is 1. The first-order valence-corrected chi connectivity index (χ1v) is 8.64. The van der Waals surface area contributed by atoms with Crippen LogP contribution in [0.1, 0.15) is 6.42 Å². The molecule has 1 aromatic carbocycles. The molecule has 0 saturated carbocycles. The quantitative estimate of drug-likeness (QED) is 0.886. The fraction of sp³-hybridized carbons (Fsp3) is 0.118. The van der Waals surface area contributed by atoms with Crippen molar-refractivity contribution in [2.75, 3.05) is 0 Å². The van der Waals surface area contributed by atoms with Crippen molar-refractivity contribution in [3.05, 3.63) is 73.0 Å². The number of rotatable bonds is 3.